The van der Waals surface area contributed by atoms with Gasteiger partial charge in [-0.15, -0.1) is 11.8 Å². The molecule has 3 N–H and O–H groups in total. The molecule has 1 heterocycles. The Morgan fingerprint density at radius 2 is 2.00 bits per heavy atom. The van der Waals surface area contributed by atoms with Crippen molar-refractivity contribution in [3.05, 3.63) is 53.5 Å². The van der Waals surface area contributed by atoms with Gasteiger partial charge >= 0.3 is 0 Å². The lowest BCUT2D eigenvalue weighted by molar-refractivity contribution is 0.0926. The predicted octanol–water partition coefficient (Wildman–Crippen LogP) is 2.40. The number of rotatable bonds is 7. The average Bonchev–Trinajstić information content (AvgIpc) is 3.16. The summed E-state index contributed by atoms with van der Waals surface area (Å²) in [5, 5.41) is 9.25. The molecule has 0 saturated heterocycles. The molecular weight excluding hydrogens is 336 g/mol. The predicted molar refractivity (Wildman–Crippen MR) is 102 cm³/mol. The van der Waals surface area contributed by atoms with Gasteiger partial charge in [-0.25, -0.2) is 0 Å². The van der Waals surface area contributed by atoms with Crippen molar-refractivity contribution in [2.75, 3.05) is 26.4 Å². The minimum atomic E-state index is -0.223. The number of aliphatic imine (C=N–C) groups is 1. The number of thioether (sulfide) groups is 1. The van der Waals surface area contributed by atoms with Gasteiger partial charge in [-0.2, -0.15) is 0 Å². The topological polar surface area (TPSA) is 78.7 Å². The first kappa shape index (κ1) is 18.9. The zero-order valence-electron chi connectivity index (χ0n) is 14.8. The third-order valence-corrected chi connectivity index (χ3v) is 4.38. The number of hydrogen-bond donors (Lipinski definition) is 3. The Bertz CT molecular complexity index is 714. The van der Waals surface area contributed by atoms with Crippen LogP contribution in [0.5, 0.6) is 0 Å². The van der Waals surface area contributed by atoms with Crippen molar-refractivity contribution in [2.24, 2.45) is 4.99 Å². The van der Waals surface area contributed by atoms with Crippen molar-refractivity contribution in [3.63, 3.8) is 0 Å². The summed E-state index contributed by atoms with van der Waals surface area (Å²) in [6.45, 7) is 3.82. The number of aryl methyl sites for hydroxylation is 1. The van der Waals surface area contributed by atoms with E-state index < -0.39 is 0 Å². The molecule has 0 aliphatic carbocycles. The Balaban J connectivity index is 1.75. The van der Waals surface area contributed by atoms with Crippen LogP contribution < -0.4 is 16.0 Å². The maximum atomic E-state index is 11.7. The summed E-state index contributed by atoms with van der Waals surface area (Å²) in [5.74, 6) is 0.783. The van der Waals surface area contributed by atoms with E-state index in [4.69, 9.17) is 4.42 Å². The molecule has 6 nitrogen and oxygen atoms in total. The lowest BCUT2D eigenvalue weighted by Gasteiger charge is -2.14. The van der Waals surface area contributed by atoms with Crippen LogP contribution >= 0.6 is 11.8 Å². The molecule has 0 spiro atoms. The Labute approximate surface area is 152 Å². The van der Waals surface area contributed by atoms with Gasteiger partial charge in [-0.3, -0.25) is 9.79 Å². The molecule has 0 fully saturated rings. The monoisotopic (exact) mass is 360 g/mol. The molecule has 25 heavy (non-hydrogen) atoms. The fourth-order valence-electron chi connectivity index (χ4n) is 2.25. The largest absolute Gasteiger partial charge is 0.459 e. The number of amides is 1. The van der Waals surface area contributed by atoms with E-state index in [1.165, 1.54) is 22.3 Å². The molecule has 0 aliphatic rings. The van der Waals surface area contributed by atoms with Gasteiger partial charge < -0.3 is 20.4 Å². The Morgan fingerprint density at radius 3 is 2.68 bits per heavy atom. The van der Waals surface area contributed by atoms with Crippen LogP contribution in [0.3, 0.4) is 0 Å². The fraction of sp³-hybridized carbons (Fsp3) is 0.333. The van der Waals surface area contributed by atoms with Gasteiger partial charge in [0.25, 0.3) is 5.91 Å². The van der Waals surface area contributed by atoms with Crippen molar-refractivity contribution in [1.29, 1.82) is 0 Å². The Hall–Kier alpha value is -2.41. The average molecular weight is 360 g/mol. The zero-order chi connectivity index (χ0) is 18.1. The van der Waals surface area contributed by atoms with E-state index in [9.17, 15) is 4.79 Å². The van der Waals surface area contributed by atoms with Crippen LogP contribution in [-0.2, 0) is 6.54 Å². The lowest BCUT2D eigenvalue weighted by atomic mass is 10.1. The summed E-state index contributed by atoms with van der Waals surface area (Å²) in [4.78, 5) is 17.2. The van der Waals surface area contributed by atoms with Crippen molar-refractivity contribution >= 4 is 23.6 Å². The van der Waals surface area contributed by atoms with E-state index in [1.807, 2.05) is 0 Å². The fourth-order valence-corrected chi connectivity index (χ4v) is 2.96. The van der Waals surface area contributed by atoms with Gasteiger partial charge in [-0.05, 0) is 42.5 Å². The number of nitrogens with zero attached hydrogens (tertiary/aromatic N) is 1. The highest BCUT2D eigenvalue weighted by Gasteiger charge is 2.07. The zero-order valence-corrected chi connectivity index (χ0v) is 15.6. The van der Waals surface area contributed by atoms with E-state index in [0.717, 1.165) is 0 Å². The lowest BCUT2D eigenvalue weighted by Crippen LogP contribution is -2.41. The first-order valence-corrected chi connectivity index (χ1v) is 9.26. The summed E-state index contributed by atoms with van der Waals surface area (Å²) in [5.41, 5.74) is 2.48. The highest BCUT2D eigenvalue weighted by atomic mass is 32.2. The van der Waals surface area contributed by atoms with Crippen LogP contribution in [0.1, 0.15) is 21.7 Å². The van der Waals surface area contributed by atoms with Gasteiger partial charge in [-0.1, -0.05) is 12.1 Å². The second-order valence-corrected chi connectivity index (χ2v) is 6.25. The summed E-state index contributed by atoms with van der Waals surface area (Å²) in [6, 6.07) is 9.74. The summed E-state index contributed by atoms with van der Waals surface area (Å²) in [7, 11) is 1.72. The number of furan rings is 1. The molecule has 2 rings (SSSR count). The van der Waals surface area contributed by atoms with E-state index >= 15 is 0 Å². The van der Waals surface area contributed by atoms with Crippen LogP contribution in [0, 0.1) is 6.92 Å². The maximum absolute atomic E-state index is 11.7. The van der Waals surface area contributed by atoms with E-state index in [-0.39, 0.29) is 5.91 Å². The molecule has 0 saturated carbocycles. The number of guanidine groups is 1. The second kappa shape index (κ2) is 9.78. The molecule has 7 heteroatoms. The van der Waals surface area contributed by atoms with Crippen LogP contribution in [0.4, 0.5) is 0 Å². The Morgan fingerprint density at radius 1 is 1.20 bits per heavy atom. The molecule has 134 valence electrons. The third-order valence-electron chi connectivity index (χ3n) is 3.56. The molecule has 0 atom stereocenters. The highest BCUT2D eigenvalue weighted by molar-refractivity contribution is 7.98. The first-order valence-electron chi connectivity index (χ1n) is 8.03. The SMILES string of the molecule is CN=C(NCCNC(=O)c1ccco1)NCc1ccc(C)cc1SC. The van der Waals surface area contributed by atoms with Gasteiger partial charge in [0.05, 0.1) is 6.26 Å². The van der Waals surface area contributed by atoms with Crippen molar-refractivity contribution in [1.82, 2.24) is 16.0 Å². The van der Waals surface area contributed by atoms with E-state index in [1.54, 1.807) is 30.9 Å². The van der Waals surface area contributed by atoms with E-state index in [0.29, 0.717) is 31.4 Å². The smallest absolute Gasteiger partial charge is 0.287 e. The number of carbonyl (C=O) groups is 1. The molecule has 1 amide bonds. The third kappa shape index (κ3) is 5.86. The quantitative estimate of drug-likeness (QED) is 0.306. The highest BCUT2D eigenvalue weighted by Crippen LogP contribution is 2.21. The molecule has 1 aromatic heterocycles. The molecule has 0 radical (unpaired) electrons. The van der Waals surface area contributed by atoms with Crippen molar-refractivity contribution in [2.45, 2.75) is 18.4 Å². The number of benzene rings is 1. The minimum absolute atomic E-state index is 0.223. The molecule has 0 unspecified atom stereocenters. The van der Waals surface area contributed by atoms with Crippen LogP contribution in [0.15, 0.2) is 50.9 Å². The summed E-state index contributed by atoms with van der Waals surface area (Å²) >= 11 is 1.74. The first-order chi connectivity index (χ1) is 12.1. The number of carbonyl (C=O) groups excluding carboxylic acids is 1. The van der Waals surface area contributed by atoms with Crippen molar-refractivity contribution < 1.29 is 9.21 Å². The molecule has 2 aromatic rings. The Kier molecular flexibility index (Phi) is 7.40. The summed E-state index contributed by atoms with van der Waals surface area (Å²) in [6.07, 6.45) is 3.56. The molecule has 0 aliphatic heterocycles. The van der Waals surface area contributed by atoms with Gasteiger partial charge in [0.2, 0.25) is 0 Å². The minimum Gasteiger partial charge on any atom is -0.459 e. The van der Waals surface area contributed by atoms with Gasteiger partial charge in [0.1, 0.15) is 0 Å². The normalized spacial score (nSPS) is 11.2. The van der Waals surface area contributed by atoms with Crippen LogP contribution in [-0.4, -0.2) is 38.3 Å². The summed E-state index contributed by atoms with van der Waals surface area (Å²) < 4.78 is 5.04. The van der Waals surface area contributed by atoms with Crippen LogP contribution in [0.2, 0.25) is 0 Å². The molecular formula is C18H24N4O2S. The van der Waals surface area contributed by atoms with Gasteiger partial charge in [0, 0.05) is 31.6 Å². The van der Waals surface area contributed by atoms with Crippen LogP contribution in [0.25, 0.3) is 0 Å². The van der Waals surface area contributed by atoms with E-state index in [2.05, 4.69) is 52.3 Å². The van der Waals surface area contributed by atoms with Crippen molar-refractivity contribution in [3.8, 4) is 0 Å². The number of hydrogen-bond acceptors (Lipinski definition) is 4. The molecule has 0 bridgehead atoms. The standard InChI is InChI=1S/C18H24N4O2S/c1-13-6-7-14(16(11-13)25-3)12-22-18(19-2)21-9-8-20-17(23)15-5-4-10-24-15/h4-7,10-11H,8-9,12H2,1-3H3,(H,20,23)(H2,19,21,22). The second-order valence-electron chi connectivity index (χ2n) is 5.40. The molecule has 1 aromatic carbocycles. The maximum Gasteiger partial charge on any atom is 0.287 e. The van der Waals surface area contributed by atoms with Gasteiger partial charge in [0.15, 0.2) is 11.7 Å². The number of nitrogens with one attached hydrogen (secondary N) is 3.